The normalized spacial score (nSPS) is 16.9. The van der Waals surface area contributed by atoms with E-state index in [1.54, 1.807) is 37.3 Å². The zero-order chi connectivity index (χ0) is 21.9. The standard InChI is InChI=1S/C21H26N2O6S/c1-14-7-8-16(28-3)13-20(14)30(25,26)23-11-5-6-18(23)21(24)22-17-12-15(27-2)9-10-19(17)29-4/h7-10,12-13,18H,5-6,11H2,1-4H3,(H,22,24)/t18-/m1/s1. The van der Waals surface area contributed by atoms with Crippen LogP contribution in [0.25, 0.3) is 0 Å². The van der Waals surface area contributed by atoms with E-state index in [-0.39, 0.29) is 11.4 Å². The molecule has 1 aliphatic rings. The zero-order valence-electron chi connectivity index (χ0n) is 17.5. The van der Waals surface area contributed by atoms with Crippen molar-refractivity contribution < 1.29 is 27.4 Å². The second-order valence-corrected chi connectivity index (χ2v) is 8.82. The summed E-state index contributed by atoms with van der Waals surface area (Å²) in [5.74, 6) is 1.04. The first-order valence-electron chi connectivity index (χ1n) is 9.51. The minimum Gasteiger partial charge on any atom is -0.497 e. The van der Waals surface area contributed by atoms with Gasteiger partial charge >= 0.3 is 0 Å². The van der Waals surface area contributed by atoms with Gasteiger partial charge < -0.3 is 19.5 Å². The van der Waals surface area contributed by atoms with Gasteiger partial charge in [-0.3, -0.25) is 4.79 Å². The maximum Gasteiger partial charge on any atom is 0.244 e. The van der Waals surface area contributed by atoms with Gasteiger partial charge in [0.15, 0.2) is 0 Å². The fourth-order valence-electron chi connectivity index (χ4n) is 3.53. The van der Waals surface area contributed by atoms with E-state index in [1.165, 1.54) is 31.7 Å². The van der Waals surface area contributed by atoms with Crippen LogP contribution < -0.4 is 19.5 Å². The largest absolute Gasteiger partial charge is 0.497 e. The Bertz CT molecular complexity index is 1040. The van der Waals surface area contributed by atoms with Crippen molar-refractivity contribution in [2.24, 2.45) is 0 Å². The lowest BCUT2D eigenvalue weighted by molar-refractivity contribution is -0.119. The van der Waals surface area contributed by atoms with E-state index in [9.17, 15) is 13.2 Å². The van der Waals surface area contributed by atoms with Crippen LogP contribution in [0.3, 0.4) is 0 Å². The van der Waals surface area contributed by atoms with Crippen molar-refractivity contribution in [3.8, 4) is 17.2 Å². The number of hydrogen-bond acceptors (Lipinski definition) is 6. The van der Waals surface area contributed by atoms with Gasteiger partial charge in [-0.05, 0) is 43.5 Å². The minimum absolute atomic E-state index is 0.139. The van der Waals surface area contributed by atoms with Crippen molar-refractivity contribution in [3.63, 3.8) is 0 Å². The Morgan fingerprint density at radius 1 is 1.03 bits per heavy atom. The predicted molar refractivity (Wildman–Crippen MR) is 113 cm³/mol. The fourth-order valence-corrected chi connectivity index (χ4v) is 5.43. The maximum atomic E-state index is 13.4. The summed E-state index contributed by atoms with van der Waals surface area (Å²) in [7, 11) is 0.619. The maximum absolute atomic E-state index is 13.4. The average Bonchev–Trinajstić information content (AvgIpc) is 3.25. The Balaban J connectivity index is 1.90. The first-order valence-corrected chi connectivity index (χ1v) is 10.9. The quantitative estimate of drug-likeness (QED) is 0.720. The molecule has 0 saturated carbocycles. The number of carbonyl (C=O) groups excluding carboxylic acids is 1. The SMILES string of the molecule is COc1ccc(OC)c(NC(=O)[C@H]2CCCN2S(=O)(=O)c2cc(OC)ccc2C)c1. The van der Waals surface area contributed by atoms with Crippen LogP contribution in [0.1, 0.15) is 18.4 Å². The van der Waals surface area contributed by atoms with E-state index in [2.05, 4.69) is 5.32 Å². The molecule has 1 aliphatic heterocycles. The van der Waals surface area contributed by atoms with Crippen LogP contribution in [-0.2, 0) is 14.8 Å². The number of benzene rings is 2. The van der Waals surface area contributed by atoms with Crippen LogP contribution in [0.5, 0.6) is 17.2 Å². The predicted octanol–water partition coefficient (Wildman–Crippen LogP) is 2.81. The molecule has 1 amide bonds. The molecule has 8 nitrogen and oxygen atoms in total. The number of rotatable bonds is 7. The van der Waals surface area contributed by atoms with Crippen molar-refractivity contribution >= 4 is 21.6 Å². The highest BCUT2D eigenvalue weighted by Crippen LogP contribution is 2.33. The molecule has 0 aromatic heterocycles. The second kappa shape index (κ2) is 8.93. The molecule has 1 N–H and O–H groups in total. The average molecular weight is 435 g/mol. The molecule has 0 radical (unpaired) electrons. The third-order valence-electron chi connectivity index (χ3n) is 5.15. The van der Waals surface area contributed by atoms with E-state index in [1.807, 2.05) is 0 Å². The highest BCUT2D eigenvalue weighted by atomic mass is 32.2. The number of aryl methyl sites for hydroxylation is 1. The third kappa shape index (κ3) is 4.22. The van der Waals surface area contributed by atoms with Gasteiger partial charge in [-0.25, -0.2) is 8.42 Å². The Labute approximate surface area is 176 Å². The molecule has 1 saturated heterocycles. The van der Waals surface area contributed by atoms with E-state index in [0.717, 1.165) is 0 Å². The molecule has 1 heterocycles. The lowest BCUT2D eigenvalue weighted by Crippen LogP contribution is -2.43. The summed E-state index contributed by atoms with van der Waals surface area (Å²) in [6.45, 7) is 1.99. The van der Waals surface area contributed by atoms with Crippen molar-refractivity contribution in [1.82, 2.24) is 4.31 Å². The molecule has 0 unspecified atom stereocenters. The molecule has 162 valence electrons. The van der Waals surface area contributed by atoms with Crippen molar-refractivity contribution in [3.05, 3.63) is 42.0 Å². The van der Waals surface area contributed by atoms with Crippen LogP contribution in [0.2, 0.25) is 0 Å². The van der Waals surface area contributed by atoms with E-state index in [0.29, 0.717) is 41.3 Å². The second-order valence-electron chi connectivity index (χ2n) is 6.96. The summed E-state index contributed by atoms with van der Waals surface area (Å²) >= 11 is 0. The first-order chi connectivity index (χ1) is 14.3. The summed E-state index contributed by atoms with van der Waals surface area (Å²) in [6.07, 6.45) is 1.02. The topological polar surface area (TPSA) is 94.2 Å². The van der Waals surface area contributed by atoms with Crippen LogP contribution >= 0.6 is 0 Å². The molecule has 3 rings (SSSR count). The minimum atomic E-state index is -3.88. The highest BCUT2D eigenvalue weighted by molar-refractivity contribution is 7.89. The summed E-state index contributed by atoms with van der Waals surface area (Å²) in [6, 6.07) is 9.09. The molecule has 0 aliphatic carbocycles. The summed E-state index contributed by atoms with van der Waals surface area (Å²) in [5.41, 5.74) is 1.01. The molecular formula is C21H26N2O6S. The molecule has 2 aromatic carbocycles. The molecule has 1 fully saturated rings. The van der Waals surface area contributed by atoms with Gasteiger partial charge in [0, 0.05) is 18.7 Å². The smallest absolute Gasteiger partial charge is 0.244 e. The number of carbonyl (C=O) groups is 1. The number of ether oxygens (including phenoxy) is 3. The molecular weight excluding hydrogens is 408 g/mol. The van der Waals surface area contributed by atoms with E-state index < -0.39 is 22.0 Å². The van der Waals surface area contributed by atoms with Crippen LogP contribution in [0, 0.1) is 6.92 Å². The Kier molecular flexibility index (Phi) is 6.52. The summed E-state index contributed by atoms with van der Waals surface area (Å²) in [5, 5.41) is 2.79. The Morgan fingerprint density at radius 2 is 1.70 bits per heavy atom. The molecule has 30 heavy (non-hydrogen) atoms. The lowest BCUT2D eigenvalue weighted by Gasteiger charge is -2.24. The first kappa shape index (κ1) is 21.9. The number of anilines is 1. The van der Waals surface area contributed by atoms with E-state index in [4.69, 9.17) is 14.2 Å². The number of nitrogens with one attached hydrogen (secondary N) is 1. The van der Waals surface area contributed by atoms with Crippen LogP contribution in [0.4, 0.5) is 5.69 Å². The highest BCUT2D eigenvalue weighted by Gasteiger charge is 2.40. The van der Waals surface area contributed by atoms with E-state index >= 15 is 0 Å². The number of amides is 1. The molecule has 0 bridgehead atoms. The lowest BCUT2D eigenvalue weighted by atomic mass is 10.2. The van der Waals surface area contributed by atoms with Crippen molar-refractivity contribution in [2.75, 3.05) is 33.2 Å². The Hall–Kier alpha value is -2.78. The van der Waals surface area contributed by atoms with Gasteiger partial charge in [0.05, 0.1) is 31.9 Å². The number of sulfonamides is 1. The number of hydrogen-bond donors (Lipinski definition) is 1. The zero-order valence-corrected chi connectivity index (χ0v) is 18.3. The van der Waals surface area contributed by atoms with Crippen molar-refractivity contribution in [1.29, 1.82) is 0 Å². The number of methoxy groups -OCH3 is 3. The van der Waals surface area contributed by atoms with Crippen LogP contribution in [-0.4, -0.2) is 52.5 Å². The van der Waals surface area contributed by atoms with Gasteiger partial charge in [0.2, 0.25) is 15.9 Å². The van der Waals surface area contributed by atoms with Crippen LogP contribution in [0.15, 0.2) is 41.3 Å². The Morgan fingerprint density at radius 3 is 2.37 bits per heavy atom. The number of nitrogens with zero attached hydrogens (tertiary/aromatic N) is 1. The monoisotopic (exact) mass is 434 g/mol. The van der Waals surface area contributed by atoms with Gasteiger partial charge in [-0.15, -0.1) is 0 Å². The van der Waals surface area contributed by atoms with Gasteiger partial charge in [-0.2, -0.15) is 4.31 Å². The van der Waals surface area contributed by atoms with Gasteiger partial charge in [-0.1, -0.05) is 6.07 Å². The third-order valence-corrected chi connectivity index (χ3v) is 7.20. The van der Waals surface area contributed by atoms with Gasteiger partial charge in [0.25, 0.3) is 0 Å². The van der Waals surface area contributed by atoms with Crippen molar-refractivity contribution in [2.45, 2.75) is 30.7 Å². The van der Waals surface area contributed by atoms with Gasteiger partial charge in [0.1, 0.15) is 23.3 Å². The molecule has 2 aromatic rings. The molecule has 1 atom stereocenters. The molecule has 0 spiro atoms. The summed E-state index contributed by atoms with van der Waals surface area (Å²) < 4.78 is 43.7. The summed E-state index contributed by atoms with van der Waals surface area (Å²) in [4.78, 5) is 13.2. The molecule has 9 heteroatoms. The fraction of sp³-hybridized carbons (Fsp3) is 0.381.